The second-order valence-electron chi connectivity index (χ2n) is 4.59. The van der Waals surface area contributed by atoms with Gasteiger partial charge < -0.3 is 14.5 Å². The Morgan fingerprint density at radius 2 is 2.00 bits per heavy atom. The number of Topliss-reactive ketones (excluding diaryl/α,β-unsaturated/α-hetero) is 1. The van der Waals surface area contributed by atoms with Crippen molar-refractivity contribution >= 4 is 5.78 Å². The van der Waals surface area contributed by atoms with E-state index in [2.05, 4.69) is 23.9 Å². The summed E-state index contributed by atoms with van der Waals surface area (Å²) in [7, 11) is 3.67. The lowest BCUT2D eigenvalue weighted by Crippen LogP contribution is -2.42. The number of hydrogen-bond acceptors (Lipinski definition) is 4. The first kappa shape index (κ1) is 13.4. The molecule has 1 heterocycles. The topological polar surface area (TPSA) is 32.8 Å². The third-order valence-corrected chi connectivity index (χ3v) is 3.16. The number of ether oxygens (including phenoxy) is 1. The van der Waals surface area contributed by atoms with Crippen LogP contribution in [0.4, 0.5) is 0 Å². The lowest BCUT2D eigenvalue weighted by molar-refractivity contribution is 0.105. The van der Waals surface area contributed by atoms with Crippen molar-refractivity contribution < 1.29 is 9.53 Å². The van der Waals surface area contributed by atoms with Crippen LogP contribution in [0.5, 0.6) is 5.75 Å². The highest BCUT2D eigenvalue weighted by Gasteiger charge is 2.10. The van der Waals surface area contributed by atoms with Gasteiger partial charge >= 0.3 is 0 Å². The molecule has 0 atom stereocenters. The third-order valence-electron chi connectivity index (χ3n) is 3.16. The number of methoxy groups -OCH3 is 1. The van der Waals surface area contributed by atoms with Crippen LogP contribution in [0.1, 0.15) is 10.4 Å². The molecule has 1 saturated heterocycles. The molecule has 1 aliphatic heterocycles. The average Bonchev–Trinajstić information content (AvgIpc) is 2.46. The van der Waals surface area contributed by atoms with Crippen molar-refractivity contribution in [2.45, 2.75) is 0 Å². The van der Waals surface area contributed by atoms with E-state index in [9.17, 15) is 4.79 Å². The van der Waals surface area contributed by atoms with E-state index < -0.39 is 0 Å². The summed E-state index contributed by atoms with van der Waals surface area (Å²) in [5, 5.41) is 0. The molecule has 0 saturated carbocycles. The minimum absolute atomic E-state index is 0.169. The first-order valence-corrected chi connectivity index (χ1v) is 6.32. The van der Waals surface area contributed by atoms with Crippen LogP contribution in [-0.2, 0) is 0 Å². The fourth-order valence-corrected chi connectivity index (χ4v) is 1.88. The van der Waals surface area contributed by atoms with Crippen LogP contribution in [0.3, 0.4) is 0 Å². The van der Waals surface area contributed by atoms with Crippen molar-refractivity contribution in [1.29, 1.82) is 0 Å². The summed E-state index contributed by atoms with van der Waals surface area (Å²) in [6.07, 6.45) is 0. The van der Waals surface area contributed by atoms with Crippen LogP contribution in [0.25, 0.3) is 0 Å². The van der Waals surface area contributed by atoms with E-state index in [4.69, 9.17) is 4.74 Å². The van der Waals surface area contributed by atoms with E-state index in [1.807, 2.05) is 11.0 Å². The maximum absolute atomic E-state index is 12.0. The lowest BCUT2D eigenvalue weighted by Gasteiger charge is -2.29. The fourth-order valence-electron chi connectivity index (χ4n) is 1.88. The Bertz CT molecular complexity index is 508. The van der Waals surface area contributed by atoms with E-state index in [1.54, 1.807) is 25.3 Å². The Labute approximate surface area is 114 Å². The second-order valence-corrected chi connectivity index (χ2v) is 4.59. The lowest BCUT2D eigenvalue weighted by atomic mass is 10.1. The van der Waals surface area contributed by atoms with Gasteiger partial charge in [0.25, 0.3) is 0 Å². The molecule has 1 aliphatic rings. The molecule has 0 amide bonds. The number of carbonyl (C=O) groups is 1. The van der Waals surface area contributed by atoms with Crippen LogP contribution in [0.15, 0.2) is 24.3 Å². The minimum atomic E-state index is -0.169. The molecule has 0 bridgehead atoms. The largest absolute Gasteiger partial charge is 0.497 e. The second kappa shape index (κ2) is 6.26. The molecule has 2 rings (SSSR count). The van der Waals surface area contributed by atoms with E-state index in [0.717, 1.165) is 26.2 Å². The molecule has 4 nitrogen and oxygen atoms in total. The van der Waals surface area contributed by atoms with Gasteiger partial charge in [-0.2, -0.15) is 0 Å². The van der Waals surface area contributed by atoms with Gasteiger partial charge in [-0.05, 0) is 25.1 Å². The summed E-state index contributed by atoms with van der Waals surface area (Å²) in [4.78, 5) is 16.2. The SMILES string of the molecule is COc1cccc(C(=O)C#CN2CCN(C)CC2)c1. The summed E-state index contributed by atoms with van der Waals surface area (Å²) in [6, 6.07) is 10.0. The first-order valence-electron chi connectivity index (χ1n) is 6.32. The summed E-state index contributed by atoms with van der Waals surface area (Å²) in [6.45, 7) is 3.74. The molecule has 19 heavy (non-hydrogen) atoms. The van der Waals surface area contributed by atoms with Gasteiger partial charge in [0, 0.05) is 37.8 Å². The van der Waals surface area contributed by atoms with Gasteiger partial charge in [0.15, 0.2) is 0 Å². The summed E-state index contributed by atoms with van der Waals surface area (Å²) in [5.41, 5.74) is 0.570. The molecule has 0 unspecified atom stereocenters. The van der Waals surface area contributed by atoms with Crippen molar-refractivity contribution in [3.63, 3.8) is 0 Å². The quantitative estimate of drug-likeness (QED) is 0.587. The van der Waals surface area contributed by atoms with Crippen molar-refractivity contribution in [3.8, 4) is 17.7 Å². The smallest absolute Gasteiger partial charge is 0.237 e. The molecule has 1 aromatic rings. The maximum atomic E-state index is 12.0. The molecule has 4 heteroatoms. The molecule has 0 radical (unpaired) electrons. The van der Waals surface area contributed by atoms with E-state index in [1.165, 1.54) is 0 Å². The normalized spacial score (nSPS) is 15.6. The van der Waals surface area contributed by atoms with Crippen LogP contribution < -0.4 is 4.74 Å². The third kappa shape index (κ3) is 3.73. The Balaban J connectivity index is 2.01. The van der Waals surface area contributed by atoms with E-state index in [-0.39, 0.29) is 5.78 Å². The van der Waals surface area contributed by atoms with Crippen LogP contribution >= 0.6 is 0 Å². The number of hydrogen-bond donors (Lipinski definition) is 0. The van der Waals surface area contributed by atoms with Gasteiger partial charge in [-0.25, -0.2) is 0 Å². The molecule has 1 fully saturated rings. The van der Waals surface area contributed by atoms with Crippen molar-refractivity contribution in [3.05, 3.63) is 29.8 Å². The molecule has 100 valence electrons. The van der Waals surface area contributed by atoms with Crippen molar-refractivity contribution in [2.75, 3.05) is 40.3 Å². The zero-order valence-electron chi connectivity index (χ0n) is 11.3. The Morgan fingerprint density at radius 3 is 2.68 bits per heavy atom. The number of rotatable bonds is 2. The fraction of sp³-hybridized carbons (Fsp3) is 0.400. The van der Waals surface area contributed by atoms with Gasteiger partial charge in [-0.3, -0.25) is 4.79 Å². The standard InChI is InChI=1S/C15H18N2O2/c1-16-8-10-17(11-9-16)7-6-15(18)13-4-3-5-14(12-13)19-2/h3-5,12H,8-11H2,1-2H3. The number of likely N-dealkylation sites (N-methyl/N-ethyl adjacent to an activating group) is 1. The number of ketones is 1. The predicted molar refractivity (Wildman–Crippen MR) is 74.2 cm³/mol. The predicted octanol–water partition coefficient (Wildman–Crippen LogP) is 1.09. The molecular formula is C15H18N2O2. The number of benzene rings is 1. The van der Waals surface area contributed by atoms with E-state index in [0.29, 0.717) is 11.3 Å². The molecule has 0 aliphatic carbocycles. The van der Waals surface area contributed by atoms with Crippen LogP contribution in [-0.4, -0.2) is 55.9 Å². The van der Waals surface area contributed by atoms with Crippen molar-refractivity contribution in [2.24, 2.45) is 0 Å². The van der Waals surface area contributed by atoms with Crippen molar-refractivity contribution in [1.82, 2.24) is 9.80 Å². The summed E-state index contributed by atoms with van der Waals surface area (Å²) in [5.74, 6) is 3.20. The minimum Gasteiger partial charge on any atom is -0.497 e. The summed E-state index contributed by atoms with van der Waals surface area (Å²) < 4.78 is 5.09. The van der Waals surface area contributed by atoms with E-state index >= 15 is 0 Å². The maximum Gasteiger partial charge on any atom is 0.237 e. The number of carbonyl (C=O) groups excluding carboxylic acids is 1. The van der Waals surface area contributed by atoms with Crippen LogP contribution in [0, 0.1) is 12.0 Å². The van der Waals surface area contributed by atoms with Gasteiger partial charge in [-0.15, -0.1) is 0 Å². The highest BCUT2D eigenvalue weighted by molar-refractivity contribution is 6.09. The molecular weight excluding hydrogens is 240 g/mol. The Morgan fingerprint density at radius 1 is 1.26 bits per heavy atom. The monoisotopic (exact) mass is 258 g/mol. The first-order chi connectivity index (χ1) is 9.19. The molecule has 0 spiro atoms. The highest BCUT2D eigenvalue weighted by Crippen LogP contribution is 2.12. The zero-order chi connectivity index (χ0) is 13.7. The van der Waals surface area contributed by atoms with Gasteiger partial charge in [-0.1, -0.05) is 12.1 Å². The number of nitrogens with zero attached hydrogens (tertiary/aromatic N) is 2. The number of piperazine rings is 1. The zero-order valence-corrected chi connectivity index (χ0v) is 11.3. The highest BCUT2D eigenvalue weighted by atomic mass is 16.5. The molecule has 1 aromatic carbocycles. The van der Waals surface area contributed by atoms with Gasteiger partial charge in [0.1, 0.15) is 5.75 Å². The Kier molecular flexibility index (Phi) is 4.43. The van der Waals surface area contributed by atoms with Crippen LogP contribution in [0.2, 0.25) is 0 Å². The Hall–Kier alpha value is -1.99. The average molecular weight is 258 g/mol. The van der Waals surface area contributed by atoms with Gasteiger partial charge in [0.2, 0.25) is 5.78 Å². The summed E-state index contributed by atoms with van der Waals surface area (Å²) >= 11 is 0. The van der Waals surface area contributed by atoms with Gasteiger partial charge in [0.05, 0.1) is 7.11 Å². The molecule has 0 aromatic heterocycles. The molecule has 0 N–H and O–H groups in total.